The fraction of sp³-hybridized carbons (Fsp3) is 0.130. The molecule has 0 aliphatic rings. The van der Waals surface area contributed by atoms with E-state index in [1.54, 1.807) is 18.2 Å². The zero-order valence-corrected chi connectivity index (χ0v) is 16.8. The molecule has 3 rings (SSSR count). The van der Waals surface area contributed by atoms with E-state index in [2.05, 4.69) is 16.2 Å². The first-order valence-corrected chi connectivity index (χ1v) is 9.52. The zero-order valence-electron chi connectivity index (χ0n) is 16.8. The van der Waals surface area contributed by atoms with Gasteiger partial charge in [-0.25, -0.2) is 4.79 Å². The SMILES string of the molecule is CC(=O)NNC(=O)COC(=O)c1ccccc1NC(=O)Cc1cccc2ccccc12. The molecule has 3 aromatic carbocycles. The van der Waals surface area contributed by atoms with Crippen LogP contribution in [0.3, 0.4) is 0 Å². The molecule has 0 saturated heterocycles. The van der Waals surface area contributed by atoms with Crippen molar-refractivity contribution in [2.24, 2.45) is 0 Å². The van der Waals surface area contributed by atoms with Gasteiger partial charge in [-0.1, -0.05) is 54.6 Å². The van der Waals surface area contributed by atoms with Gasteiger partial charge in [0.1, 0.15) is 0 Å². The van der Waals surface area contributed by atoms with Gasteiger partial charge in [-0.3, -0.25) is 25.2 Å². The van der Waals surface area contributed by atoms with Gasteiger partial charge in [0.25, 0.3) is 5.91 Å². The second-order valence-electron chi connectivity index (χ2n) is 6.71. The van der Waals surface area contributed by atoms with Crippen LogP contribution in [0.25, 0.3) is 10.8 Å². The van der Waals surface area contributed by atoms with Crippen molar-refractivity contribution in [2.45, 2.75) is 13.3 Å². The number of hydrogen-bond acceptors (Lipinski definition) is 5. The third-order valence-electron chi connectivity index (χ3n) is 4.36. The minimum absolute atomic E-state index is 0.112. The average molecular weight is 419 g/mol. The molecule has 0 spiro atoms. The monoisotopic (exact) mass is 419 g/mol. The molecule has 3 amide bonds. The minimum atomic E-state index is -0.779. The zero-order chi connectivity index (χ0) is 22.2. The molecule has 0 fully saturated rings. The van der Waals surface area contributed by atoms with Crippen molar-refractivity contribution in [2.75, 3.05) is 11.9 Å². The molecule has 3 aromatic rings. The van der Waals surface area contributed by atoms with E-state index < -0.39 is 24.4 Å². The lowest BCUT2D eigenvalue weighted by atomic mass is 10.0. The van der Waals surface area contributed by atoms with E-state index in [4.69, 9.17) is 4.74 Å². The Kier molecular flexibility index (Phi) is 6.95. The highest BCUT2D eigenvalue weighted by Crippen LogP contribution is 2.21. The summed E-state index contributed by atoms with van der Waals surface area (Å²) >= 11 is 0. The van der Waals surface area contributed by atoms with Crippen LogP contribution < -0.4 is 16.2 Å². The molecule has 0 atom stereocenters. The van der Waals surface area contributed by atoms with Gasteiger partial charge >= 0.3 is 5.97 Å². The van der Waals surface area contributed by atoms with E-state index >= 15 is 0 Å². The molecule has 0 unspecified atom stereocenters. The third kappa shape index (κ3) is 5.89. The minimum Gasteiger partial charge on any atom is -0.452 e. The maximum absolute atomic E-state index is 12.6. The molecule has 31 heavy (non-hydrogen) atoms. The fourth-order valence-corrected chi connectivity index (χ4v) is 2.99. The van der Waals surface area contributed by atoms with Crippen molar-refractivity contribution < 1.29 is 23.9 Å². The molecule has 0 saturated carbocycles. The number of benzene rings is 3. The first-order valence-electron chi connectivity index (χ1n) is 9.52. The maximum atomic E-state index is 12.6. The number of carbonyl (C=O) groups is 4. The number of esters is 1. The van der Waals surface area contributed by atoms with Gasteiger partial charge < -0.3 is 10.1 Å². The van der Waals surface area contributed by atoms with Gasteiger partial charge in [0.15, 0.2) is 6.61 Å². The normalized spacial score (nSPS) is 10.2. The van der Waals surface area contributed by atoms with Gasteiger partial charge in [0.05, 0.1) is 17.7 Å². The second-order valence-corrected chi connectivity index (χ2v) is 6.71. The Hall–Kier alpha value is -4.20. The lowest BCUT2D eigenvalue weighted by Crippen LogP contribution is -2.42. The first-order chi connectivity index (χ1) is 14.9. The van der Waals surface area contributed by atoms with E-state index in [9.17, 15) is 19.2 Å². The molecule has 0 radical (unpaired) electrons. The van der Waals surface area contributed by atoms with Crippen molar-refractivity contribution in [3.63, 3.8) is 0 Å². The largest absolute Gasteiger partial charge is 0.452 e. The van der Waals surface area contributed by atoms with Crippen molar-refractivity contribution in [1.29, 1.82) is 0 Å². The van der Waals surface area contributed by atoms with E-state index in [-0.39, 0.29) is 23.6 Å². The van der Waals surface area contributed by atoms with Gasteiger partial charge in [-0.2, -0.15) is 0 Å². The Bertz CT molecular complexity index is 1140. The Morgan fingerprint density at radius 3 is 2.32 bits per heavy atom. The summed E-state index contributed by atoms with van der Waals surface area (Å²) in [6.45, 7) is 0.640. The van der Waals surface area contributed by atoms with Crippen LogP contribution in [-0.2, 0) is 25.5 Å². The highest BCUT2D eigenvalue weighted by molar-refractivity contribution is 6.03. The third-order valence-corrected chi connectivity index (χ3v) is 4.36. The van der Waals surface area contributed by atoms with Crippen molar-refractivity contribution >= 4 is 40.2 Å². The van der Waals surface area contributed by atoms with Crippen LogP contribution in [0.2, 0.25) is 0 Å². The number of amides is 3. The molecule has 3 N–H and O–H groups in total. The smallest absolute Gasteiger partial charge is 0.340 e. The van der Waals surface area contributed by atoms with Gasteiger partial charge in [0.2, 0.25) is 11.8 Å². The van der Waals surface area contributed by atoms with Crippen molar-refractivity contribution in [3.8, 4) is 0 Å². The Morgan fingerprint density at radius 2 is 1.52 bits per heavy atom. The molecule has 0 aromatic heterocycles. The van der Waals surface area contributed by atoms with Gasteiger partial charge in [-0.15, -0.1) is 0 Å². The summed E-state index contributed by atoms with van der Waals surface area (Å²) in [5, 5.41) is 4.76. The number of hydrazine groups is 1. The Labute approximate surface area is 178 Å². The molecule has 8 nitrogen and oxygen atoms in total. The summed E-state index contributed by atoms with van der Waals surface area (Å²) in [5.74, 6) is -2.22. The summed E-state index contributed by atoms with van der Waals surface area (Å²) in [4.78, 5) is 47.4. The first kappa shape index (κ1) is 21.5. The van der Waals surface area contributed by atoms with E-state index in [1.807, 2.05) is 42.5 Å². The van der Waals surface area contributed by atoms with Crippen LogP contribution in [0.5, 0.6) is 0 Å². The van der Waals surface area contributed by atoms with Crippen LogP contribution in [0.4, 0.5) is 5.69 Å². The van der Waals surface area contributed by atoms with E-state index in [0.29, 0.717) is 0 Å². The number of rotatable bonds is 6. The van der Waals surface area contributed by atoms with Gasteiger partial charge in [-0.05, 0) is 28.5 Å². The highest BCUT2D eigenvalue weighted by atomic mass is 16.5. The van der Waals surface area contributed by atoms with Crippen LogP contribution in [0, 0.1) is 0 Å². The number of ether oxygens (including phenoxy) is 1. The summed E-state index contributed by atoms with van der Waals surface area (Å²) in [5.41, 5.74) is 5.44. The summed E-state index contributed by atoms with van der Waals surface area (Å²) in [6.07, 6.45) is 0.129. The lowest BCUT2D eigenvalue weighted by molar-refractivity contribution is -0.129. The standard InChI is InChI=1S/C23H21N3O5/c1-15(27)25-26-22(29)14-31-23(30)19-11-4-5-12-20(19)24-21(28)13-17-9-6-8-16-7-2-3-10-18(16)17/h2-12H,13-14H2,1H3,(H,24,28)(H,25,27)(H,26,29). The number of carbonyl (C=O) groups excluding carboxylic acids is 4. The Morgan fingerprint density at radius 1 is 0.806 bits per heavy atom. The molecule has 0 bridgehead atoms. The summed E-state index contributed by atoms with van der Waals surface area (Å²) in [6, 6.07) is 19.9. The predicted molar refractivity (Wildman–Crippen MR) is 115 cm³/mol. The van der Waals surface area contributed by atoms with Crippen LogP contribution >= 0.6 is 0 Å². The molecule has 0 aliphatic carbocycles. The maximum Gasteiger partial charge on any atom is 0.340 e. The molecule has 8 heteroatoms. The van der Waals surface area contributed by atoms with Crippen LogP contribution in [0.15, 0.2) is 66.7 Å². The van der Waals surface area contributed by atoms with Crippen molar-refractivity contribution in [3.05, 3.63) is 77.9 Å². The fourth-order valence-electron chi connectivity index (χ4n) is 2.99. The molecule has 0 heterocycles. The molecular weight excluding hydrogens is 398 g/mol. The number of hydrogen-bond donors (Lipinski definition) is 3. The predicted octanol–water partition coefficient (Wildman–Crippen LogP) is 2.35. The topological polar surface area (TPSA) is 114 Å². The number of anilines is 1. The lowest BCUT2D eigenvalue weighted by Gasteiger charge is -2.12. The summed E-state index contributed by atoms with van der Waals surface area (Å²) in [7, 11) is 0. The number of fused-ring (bicyclic) bond motifs is 1. The van der Waals surface area contributed by atoms with E-state index in [0.717, 1.165) is 16.3 Å². The molecule has 0 aliphatic heterocycles. The molecular formula is C23H21N3O5. The second kappa shape index (κ2) is 10.0. The quantitative estimate of drug-likeness (QED) is 0.419. The Balaban J connectivity index is 1.66. The van der Waals surface area contributed by atoms with E-state index in [1.165, 1.54) is 13.0 Å². The van der Waals surface area contributed by atoms with Crippen LogP contribution in [0.1, 0.15) is 22.8 Å². The van der Waals surface area contributed by atoms with Crippen molar-refractivity contribution in [1.82, 2.24) is 10.9 Å². The van der Waals surface area contributed by atoms with Gasteiger partial charge in [0, 0.05) is 6.92 Å². The molecule has 158 valence electrons. The average Bonchev–Trinajstić information content (AvgIpc) is 2.76. The van der Waals surface area contributed by atoms with Crippen LogP contribution in [-0.4, -0.2) is 30.3 Å². The summed E-state index contributed by atoms with van der Waals surface area (Å²) < 4.78 is 4.97. The number of para-hydroxylation sites is 1. The highest BCUT2D eigenvalue weighted by Gasteiger charge is 2.16. The number of nitrogens with one attached hydrogen (secondary N) is 3.